The van der Waals surface area contributed by atoms with Crippen molar-refractivity contribution in [3.05, 3.63) is 35.4 Å². The molecule has 1 aliphatic heterocycles. The average Bonchev–Trinajstić information content (AvgIpc) is 3.06. The van der Waals surface area contributed by atoms with E-state index in [1.54, 1.807) is 5.48 Å². The van der Waals surface area contributed by atoms with Crippen LogP contribution in [0.5, 0.6) is 0 Å². The summed E-state index contributed by atoms with van der Waals surface area (Å²) in [4.78, 5) is 5.38. The number of aliphatic hydroxyl groups excluding tert-OH is 1. The summed E-state index contributed by atoms with van der Waals surface area (Å²) in [5.74, 6) is 6.05. The summed E-state index contributed by atoms with van der Waals surface area (Å²) in [7, 11) is -3.68. The number of rotatable bonds is 6. The van der Waals surface area contributed by atoms with Gasteiger partial charge in [-0.05, 0) is 24.6 Å². The molecule has 142 valence electrons. The van der Waals surface area contributed by atoms with Crippen molar-refractivity contribution in [3.8, 4) is 11.8 Å². The average molecular weight is 380 g/mol. The van der Waals surface area contributed by atoms with Gasteiger partial charge in [-0.25, -0.2) is 8.42 Å². The molecule has 0 fully saturated rings. The second kappa shape index (κ2) is 8.18. The smallest absolute Gasteiger partial charge is 0.156 e. The van der Waals surface area contributed by atoms with Crippen LogP contribution in [0.1, 0.15) is 44.2 Å². The van der Waals surface area contributed by atoms with E-state index in [9.17, 15) is 13.5 Å². The predicted molar refractivity (Wildman–Crippen MR) is 98.4 cm³/mol. The maximum atomic E-state index is 12.1. The van der Waals surface area contributed by atoms with Crippen molar-refractivity contribution in [1.29, 1.82) is 0 Å². The number of hydrogen-bond donors (Lipinski definition) is 3. The van der Waals surface area contributed by atoms with Gasteiger partial charge in [-0.3, -0.25) is 0 Å². The van der Waals surface area contributed by atoms with Crippen LogP contribution >= 0.6 is 0 Å². The maximum absolute atomic E-state index is 12.1. The SMILES string of the molecule is CCC#Cc1ccc(C2=NOC(CC(C)(C(O)NO)S(C)(=O)=O)C2)cc1. The van der Waals surface area contributed by atoms with Crippen LogP contribution in [0.25, 0.3) is 0 Å². The van der Waals surface area contributed by atoms with Crippen molar-refractivity contribution in [2.24, 2.45) is 5.16 Å². The predicted octanol–water partition coefficient (Wildman–Crippen LogP) is 1.43. The van der Waals surface area contributed by atoms with Crippen LogP contribution in [0.2, 0.25) is 0 Å². The van der Waals surface area contributed by atoms with Gasteiger partial charge in [0.15, 0.2) is 9.84 Å². The van der Waals surface area contributed by atoms with Gasteiger partial charge < -0.3 is 15.2 Å². The molecule has 0 saturated heterocycles. The molecule has 0 radical (unpaired) electrons. The fourth-order valence-corrected chi connectivity index (χ4v) is 3.65. The summed E-state index contributed by atoms with van der Waals surface area (Å²) in [5, 5.41) is 22.9. The molecule has 0 aromatic heterocycles. The Morgan fingerprint density at radius 2 is 2.08 bits per heavy atom. The Labute approximate surface area is 153 Å². The fraction of sp³-hybridized carbons (Fsp3) is 0.500. The normalized spacial score (nSPS) is 20.3. The lowest BCUT2D eigenvalue weighted by Gasteiger charge is -2.32. The summed E-state index contributed by atoms with van der Waals surface area (Å²) in [6.07, 6.45) is 0.0309. The number of oxime groups is 1. The van der Waals surface area contributed by atoms with Crippen LogP contribution in [-0.2, 0) is 14.7 Å². The number of nitrogens with zero attached hydrogens (tertiary/aromatic N) is 1. The van der Waals surface area contributed by atoms with E-state index in [4.69, 9.17) is 10.0 Å². The Morgan fingerprint density at radius 1 is 1.42 bits per heavy atom. The number of sulfone groups is 1. The van der Waals surface area contributed by atoms with Crippen LogP contribution in [0, 0.1) is 11.8 Å². The van der Waals surface area contributed by atoms with Crippen LogP contribution in [0.4, 0.5) is 0 Å². The zero-order valence-electron chi connectivity index (χ0n) is 15.1. The number of hydroxylamine groups is 1. The van der Waals surface area contributed by atoms with Gasteiger partial charge in [0.05, 0.1) is 5.71 Å². The molecule has 2 rings (SSSR count). The minimum atomic E-state index is -3.68. The molecule has 26 heavy (non-hydrogen) atoms. The van der Waals surface area contributed by atoms with E-state index in [0.717, 1.165) is 23.8 Å². The van der Waals surface area contributed by atoms with Gasteiger partial charge in [-0.1, -0.05) is 36.1 Å². The van der Waals surface area contributed by atoms with Crippen molar-refractivity contribution in [1.82, 2.24) is 5.48 Å². The van der Waals surface area contributed by atoms with Gasteiger partial charge in [-0.15, -0.1) is 0 Å². The molecule has 0 saturated carbocycles. The highest BCUT2D eigenvalue weighted by Crippen LogP contribution is 2.31. The van der Waals surface area contributed by atoms with Crippen molar-refractivity contribution >= 4 is 15.5 Å². The molecule has 0 bridgehead atoms. The van der Waals surface area contributed by atoms with Crippen LogP contribution in [0.15, 0.2) is 29.4 Å². The van der Waals surface area contributed by atoms with E-state index < -0.39 is 26.9 Å². The van der Waals surface area contributed by atoms with Crippen LogP contribution < -0.4 is 5.48 Å². The highest BCUT2D eigenvalue weighted by Gasteiger charge is 2.46. The molecule has 0 amide bonds. The Bertz CT molecular complexity index is 823. The number of hydrogen-bond acceptors (Lipinski definition) is 7. The quantitative estimate of drug-likeness (QED) is 0.391. The third-order valence-corrected chi connectivity index (χ3v) is 6.63. The second-order valence-electron chi connectivity index (χ2n) is 6.52. The summed E-state index contributed by atoms with van der Waals surface area (Å²) < 4.78 is 22.6. The van der Waals surface area contributed by atoms with Crippen LogP contribution in [0.3, 0.4) is 0 Å². The minimum absolute atomic E-state index is 0.0202. The van der Waals surface area contributed by atoms with Gasteiger partial charge >= 0.3 is 0 Å². The number of nitrogens with one attached hydrogen (secondary N) is 1. The van der Waals surface area contributed by atoms with Gasteiger partial charge in [0.25, 0.3) is 0 Å². The highest BCUT2D eigenvalue weighted by atomic mass is 32.2. The highest BCUT2D eigenvalue weighted by molar-refractivity contribution is 7.92. The molecule has 1 aromatic rings. The monoisotopic (exact) mass is 380 g/mol. The first-order chi connectivity index (χ1) is 12.2. The summed E-state index contributed by atoms with van der Waals surface area (Å²) >= 11 is 0. The third kappa shape index (κ3) is 4.43. The molecular weight excluding hydrogens is 356 g/mol. The van der Waals surface area contributed by atoms with Crippen molar-refractivity contribution < 1.29 is 23.6 Å². The van der Waals surface area contributed by atoms with E-state index in [0.29, 0.717) is 12.1 Å². The lowest BCUT2D eigenvalue weighted by Crippen LogP contribution is -2.54. The summed E-state index contributed by atoms with van der Waals surface area (Å²) in [5.41, 5.74) is 4.11. The minimum Gasteiger partial charge on any atom is -0.392 e. The molecule has 1 heterocycles. The van der Waals surface area contributed by atoms with Gasteiger partial charge in [0.2, 0.25) is 0 Å². The maximum Gasteiger partial charge on any atom is 0.156 e. The zero-order valence-corrected chi connectivity index (χ0v) is 15.9. The number of aliphatic hydroxyl groups is 1. The van der Waals surface area contributed by atoms with Crippen LogP contribution in [-0.4, -0.2) is 47.8 Å². The van der Waals surface area contributed by atoms with Crippen molar-refractivity contribution in [3.63, 3.8) is 0 Å². The zero-order chi connectivity index (χ0) is 19.4. The first kappa shape index (κ1) is 20.4. The summed E-state index contributed by atoms with van der Waals surface area (Å²) in [6, 6.07) is 7.58. The van der Waals surface area contributed by atoms with Crippen molar-refractivity contribution in [2.45, 2.75) is 50.2 Å². The molecule has 8 heteroatoms. The second-order valence-corrected chi connectivity index (χ2v) is 9.00. The first-order valence-electron chi connectivity index (χ1n) is 8.30. The lowest BCUT2D eigenvalue weighted by molar-refractivity contribution is -0.0355. The molecule has 0 spiro atoms. The van der Waals surface area contributed by atoms with Gasteiger partial charge in [0, 0.05) is 31.1 Å². The molecule has 3 unspecified atom stereocenters. The molecule has 3 atom stereocenters. The molecule has 7 nitrogen and oxygen atoms in total. The molecule has 0 aliphatic carbocycles. The van der Waals surface area contributed by atoms with E-state index in [2.05, 4.69) is 17.0 Å². The molecule has 3 N–H and O–H groups in total. The fourth-order valence-electron chi connectivity index (χ4n) is 2.70. The van der Waals surface area contributed by atoms with Gasteiger partial charge in [0.1, 0.15) is 17.1 Å². The first-order valence-corrected chi connectivity index (χ1v) is 10.2. The number of benzene rings is 1. The molecule has 1 aliphatic rings. The largest absolute Gasteiger partial charge is 0.392 e. The van der Waals surface area contributed by atoms with E-state index >= 15 is 0 Å². The van der Waals surface area contributed by atoms with Crippen molar-refractivity contribution in [2.75, 3.05) is 6.26 Å². The van der Waals surface area contributed by atoms with E-state index in [1.165, 1.54) is 6.92 Å². The summed E-state index contributed by atoms with van der Waals surface area (Å²) in [6.45, 7) is 3.35. The lowest BCUT2D eigenvalue weighted by atomic mass is 9.96. The standard InChI is InChI=1S/C18H24N2O5S/c1-4-5-6-13-7-9-14(10-8-13)16-11-15(25-20-16)12-18(2,17(21)19-22)26(3,23)24/h7-10,15,17,19,21-22H,4,11-12H2,1-3H3. The third-order valence-electron chi connectivity index (χ3n) is 4.54. The van der Waals surface area contributed by atoms with E-state index in [1.807, 2.05) is 31.2 Å². The Hall–Kier alpha value is -1.92. The topological polar surface area (TPSA) is 108 Å². The van der Waals surface area contributed by atoms with E-state index in [-0.39, 0.29) is 6.42 Å². The Balaban J connectivity index is 2.09. The Kier molecular flexibility index (Phi) is 6.42. The van der Waals surface area contributed by atoms with Gasteiger partial charge in [-0.2, -0.15) is 5.48 Å². The molecular formula is C18H24N2O5S. The molecule has 1 aromatic carbocycles. The Morgan fingerprint density at radius 3 is 2.62 bits per heavy atom.